The maximum absolute atomic E-state index is 11.7. The molecular formula is C9H20N2O3S. The monoisotopic (exact) mass is 236 g/mol. The first-order chi connectivity index (χ1) is 6.99. The van der Waals surface area contributed by atoms with Gasteiger partial charge in [-0.1, -0.05) is 13.8 Å². The summed E-state index contributed by atoms with van der Waals surface area (Å²) in [5.41, 5.74) is -0.180. The van der Waals surface area contributed by atoms with E-state index in [0.717, 1.165) is 12.8 Å². The highest BCUT2D eigenvalue weighted by Gasteiger charge is 2.42. The normalized spacial score (nSPS) is 19.5. The van der Waals surface area contributed by atoms with Crippen LogP contribution in [-0.4, -0.2) is 44.1 Å². The molecule has 5 nitrogen and oxygen atoms in total. The van der Waals surface area contributed by atoms with Crippen LogP contribution in [0.25, 0.3) is 0 Å². The Labute approximate surface area is 91.7 Å². The van der Waals surface area contributed by atoms with Gasteiger partial charge in [0.15, 0.2) is 0 Å². The van der Waals surface area contributed by atoms with Gasteiger partial charge in [-0.25, -0.2) is 4.72 Å². The molecule has 0 atom stereocenters. The molecule has 1 aliphatic carbocycles. The van der Waals surface area contributed by atoms with E-state index < -0.39 is 10.2 Å². The van der Waals surface area contributed by atoms with E-state index in [0.29, 0.717) is 19.6 Å². The first-order valence-electron chi connectivity index (χ1n) is 5.35. The molecule has 1 aliphatic rings. The summed E-state index contributed by atoms with van der Waals surface area (Å²) in [5, 5.41) is 9.06. The minimum atomic E-state index is -3.35. The Morgan fingerprint density at radius 3 is 2.20 bits per heavy atom. The van der Waals surface area contributed by atoms with Gasteiger partial charge in [-0.05, 0) is 12.8 Å². The van der Waals surface area contributed by atoms with Crippen molar-refractivity contribution in [2.45, 2.75) is 26.7 Å². The highest BCUT2D eigenvalue weighted by atomic mass is 32.2. The molecule has 90 valence electrons. The molecule has 1 fully saturated rings. The molecule has 0 amide bonds. The average molecular weight is 236 g/mol. The predicted octanol–water partition coefficient (Wildman–Crippen LogP) is -0.0649. The van der Waals surface area contributed by atoms with Crippen molar-refractivity contribution in [3.8, 4) is 0 Å². The lowest BCUT2D eigenvalue weighted by molar-refractivity contribution is 0.212. The zero-order chi connectivity index (χ0) is 11.5. The molecule has 0 heterocycles. The minimum absolute atomic E-state index is 0.0633. The number of rotatable bonds is 7. The molecule has 0 unspecified atom stereocenters. The fraction of sp³-hybridized carbons (Fsp3) is 1.00. The highest BCUT2D eigenvalue weighted by Crippen LogP contribution is 2.44. The van der Waals surface area contributed by atoms with Crippen LogP contribution in [0.15, 0.2) is 0 Å². The molecule has 2 N–H and O–H groups in total. The van der Waals surface area contributed by atoms with E-state index in [9.17, 15) is 8.42 Å². The average Bonchev–Trinajstić information content (AvgIpc) is 2.97. The molecule has 0 saturated heterocycles. The van der Waals surface area contributed by atoms with Crippen molar-refractivity contribution in [3.63, 3.8) is 0 Å². The second-order valence-electron chi connectivity index (χ2n) is 4.07. The SMILES string of the molecule is CCN(CC)S(=O)(=O)NCC1(CO)CC1. The number of nitrogens with zero attached hydrogens (tertiary/aromatic N) is 1. The summed E-state index contributed by atoms with van der Waals surface area (Å²) >= 11 is 0. The van der Waals surface area contributed by atoms with E-state index in [1.54, 1.807) is 0 Å². The highest BCUT2D eigenvalue weighted by molar-refractivity contribution is 7.87. The lowest BCUT2D eigenvalue weighted by Gasteiger charge is -2.20. The Morgan fingerprint density at radius 2 is 1.87 bits per heavy atom. The first-order valence-corrected chi connectivity index (χ1v) is 6.79. The van der Waals surface area contributed by atoms with Crippen molar-refractivity contribution >= 4 is 10.2 Å². The van der Waals surface area contributed by atoms with Gasteiger partial charge in [0.05, 0.1) is 0 Å². The number of hydrogen-bond acceptors (Lipinski definition) is 3. The second-order valence-corrected chi connectivity index (χ2v) is 5.82. The molecule has 0 bridgehead atoms. The Hall–Kier alpha value is -0.170. The number of aliphatic hydroxyl groups excluding tert-OH is 1. The van der Waals surface area contributed by atoms with Gasteiger partial charge >= 0.3 is 0 Å². The Balaban J connectivity index is 2.49. The molecule has 0 aromatic carbocycles. The van der Waals surface area contributed by atoms with Gasteiger partial charge in [-0.2, -0.15) is 12.7 Å². The van der Waals surface area contributed by atoms with Crippen molar-refractivity contribution in [3.05, 3.63) is 0 Å². The van der Waals surface area contributed by atoms with Crippen molar-refractivity contribution in [1.82, 2.24) is 9.03 Å². The summed E-state index contributed by atoms with van der Waals surface area (Å²) in [5.74, 6) is 0. The van der Waals surface area contributed by atoms with Crippen LogP contribution in [0.3, 0.4) is 0 Å². The van der Waals surface area contributed by atoms with E-state index in [1.807, 2.05) is 13.8 Å². The third-order valence-corrected chi connectivity index (χ3v) is 4.67. The lowest BCUT2D eigenvalue weighted by Crippen LogP contribution is -2.43. The molecular weight excluding hydrogens is 216 g/mol. The van der Waals surface area contributed by atoms with Crippen LogP contribution in [0.4, 0.5) is 0 Å². The number of nitrogens with one attached hydrogen (secondary N) is 1. The Morgan fingerprint density at radius 1 is 1.33 bits per heavy atom. The van der Waals surface area contributed by atoms with Gasteiger partial charge < -0.3 is 5.11 Å². The van der Waals surface area contributed by atoms with Gasteiger partial charge in [0.1, 0.15) is 0 Å². The van der Waals surface area contributed by atoms with Crippen molar-refractivity contribution in [1.29, 1.82) is 0 Å². The van der Waals surface area contributed by atoms with Crippen LogP contribution in [0.1, 0.15) is 26.7 Å². The van der Waals surface area contributed by atoms with Crippen molar-refractivity contribution in [2.24, 2.45) is 5.41 Å². The summed E-state index contributed by atoms with van der Waals surface area (Å²) in [6.45, 7) is 4.97. The molecule has 0 aromatic rings. The van der Waals surface area contributed by atoms with Gasteiger partial charge in [0.2, 0.25) is 0 Å². The number of hydrogen-bond donors (Lipinski definition) is 2. The van der Waals surface area contributed by atoms with Crippen LogP contribution in [-0.2, 0) is 10.2 Å². The smallest absolute Gasteiger partial charge is 0.279 e. The summed E-state index contributed by atoms with van der Waals surface area (Å²) in [7, 11) is -3.35. The van der Waals surface area contributed by atoms with Crippen LogP contribution >= 0.6 is 0 Å². The summed E-state index contributed by atoms with van der Waals surface area (Å²) < 4.78 is 27.4. The van der Waals surface area contributed by atoms with Crippen LogP contribution in [0.5, 0.6) is 0 Å². The minimum Gasteiger partial charge on any atom is -0.396 e. The third-order valence-electron chi connectivity index (χ3n) is 2.97. The molecule has 15 heavy (non-hydrogen) atoms. The van der Waals surface area contributed by atoms with Gasteiger partial charge in [-0.15, -0.1) is 0 Å². The quantitative estimate of drug-likeness (QED) is 0.650. The second kappa shape index (κ2) is 4.78. The molecule has 1 rings (SSSR count). The molecule has 1 saturated carbocycles. The van der Waals surface area contributed by atoms with Crippen LogP contribution < -0.4 is 4.72 Å². The van der Waals surface area contributed by atoms with Gasteiger partial charge in [0, 0.05) is 31.7 Å². The largest absolute Gasteiger partial charge is 0.396 e. The Bertz CT molecular complexity index is 294. The maximum atomic E-state index is 11.7. The van der Waals surface area contributed by atoms with E-state index in [-0.39, 0.29) is 12.0 Å². The van der Waals surface area contributed by atoms with E-state index in [2.05, 4.69) is 4.72 Å². The molecule has 0 aromatic heterocycles. The fourth-order valence-corrected chi connectivity index (χ4v) is 2.82. The van der Waals surface area contributed by atoms with E-state index in [1.165, 1.54) is 4.31 Å². The van der Waals surface area contributed by atoms with Crippen LogP contribution in [0.2, 0.25) is 0 Å². The standard InChI is InChI=1S/C9H20N2O3S/c1-3-11(4-2)15(13,14)10-7-9(8-12)5-6-9/h10,12H,3-8H2,1-2H3. The van der Waals surface area contributed by atoms with Gasteiger partial charge in [0.25, 0.3) is 10.2 Å². The van der Waals surface area contributed by atoms with E-state index in [4.69, 9.17) is 5.11 Å². The van der Waals surface area contributed by atoms with Crippen molar-refractivity contribution in [2.75, 3.05) is 26.2 Å². The summed E-state index contributed by atoms with van der Waals surface area (Å²) in [4.78, 5) is 0. The fourth-order valence-electron chi connectivity index (χ4n) is 1.47. The Kier molecular flexibility index (Phi) is 4.11. The lowest BCUT2D eigenvalue weighted by atomic mass is 10.1. The molecule has 0 radical (unpaired) electrons. The topological polar surface area (TPSA) is 69.6 Å². The summed E-state index contributed by atoms with van der Waals surface area (Å²) in [6.07, 6.45) is 1.81. The third kappa shape index (κ3) is 3.14. The summed E-state index contributed by atoms with van der Waals surface area (Å²) in [6, 6.07) is 0. The van der Waals surface area contributed by atoms with Gasteiger partial charge in [-0.3, -0.25) is 0 Å². The molecule has 0 aliphatic heterocycles. The zero-order valence-electron chi connectivity index (χ0n) is 9.36. The number of aliphatic hydroxyl groups is 1. The zero-order valence-corrected chi connectivity index (χ0v) is 10.2. The molecule has 0 spiro atoms. The van der Waals surface area contributed by atoms with E-state index >= 15 is 0 Å². The maximum Gasteiger partial charge on any atom is 0.279 e. The van der Waals surface area contributed by atoms with Crippen LogP contribution in [0, 0.1) is 5.41 Å². The molecule has 6 heteroatoms. The van der Waals surface area contributed by atoms with Crippen molar-refractivity contribution < 1.29 is 13.5 Å². The predicted molar refractivity (Wildman–Crippen MR) is 58.6 cm³/mol. The first kappa shape index (κ1) is 12.9.